The second kappa shape index (κ2) is 3.79. The molecule has 1 atom stereocenters. The number of nitrogens with zero attached hydrogens (tertiary/aromatic N) is 2. The minimum absolute atomic E-state index is 0.627. The standard InChI is InChI=1S/C12H15N3O/c13-10-1-3-15-7-11(14-12(15)6-10)5-9-2-4-16-8-9/h1,3,6-7,9H,2,4-5,8,13H2. The second-order valence-corrected chi connectivity index (χ2v) is 4.39. The highest BCUT2D eigenvalue weighted by Crippen LogP contribution is 2.18. The highest BCUT2D eigenvalue weighted by Gasteiger charge is 2.17. The normalized spacial score (nSPS) is 20.6. The van der Waals surface area contributed by atoms with Crippen LogP contribution in [0.1, 0.15) is 12.1 Å². The molecule has 2 aromatic rings. The minimum Gasteiger partial charge on any atom is -0.399 e. The average Bonchev–Trinajstić information content (AvgIpc) is 2.86. The lowest BCUT2D eigenvalue weighted by atomic mass is 10.0. The van der Waals surface area contributed by atoms with Gasteiger partial charge in [-0.2, -0.15) is 0 Å². The molecule has 0 aliphatic carbocycles. The molecule has 1 saturated heterocycles. The molecule has 1 aliphatic rings. The Hall–Kier alpha value is -1.55. The van der Waals surface area contributed by atoms with E-state index < -0.39 is 0 Å². The van der Waals surface area contributed by atoms with Crippen molar-refractivity contribution in [3.8, 4) is 0 Å². The molecule has 2 aromatic heterocycles. The van der Waals surface area contributed by atoms with Crippen molar-refractivity contribution in [3.63, 3.8) is 0 Å². The van der Waals surface area contributed by atoms with Crippen LogP contribution in [0.15, 0.2) is 24.5 Å². The zero-order valence-corrected chi connectivity index (χ0v) is 9.10. The molecule has 0 radical (unpaired) electrons. The Morgan fingerprint density at radius 2 is 2.50 bits per heavy atom. The van der Waals surface area contributed by atoms with Crippen LogP contribution in [0.2, 0.25) is 0 Å². The van der Waals surface area contributed by atoms with Crippen LogP contribution in [0.5, 0.6) is 0 Å². The first-order chi connectivity index (χ1) is 7.81. The van der Waals surface area contributed by atoms with E-state index in [0.29, 0.717) is 5.92 Å². The van der Waals surface area contributed by atoms with Crippen LogP contribution in [-0.4, -0.2) is 22.6 Å². The Kier molecular flexibility index (Phi) is 2.29. The molecule has 4 nitrogen and oxygen atoms in total. The summed E-state index contributed by atoms with van der Waals surface area (Å²) in [7, 11) is 0. The number of aromatic nitrogens is 2. The van der Waals surface area contributed by atoms with Crippen molar-refractivity contribution in [1.29, 1.82) is 0 Å². The van der Waals surface area contributed by atoms with Crippen molar-refractivity contribution < 1.29 is 4.74 Å². The van der Waals surface area contributed by atoms with Gasteiger partial charge >= 0.3 is 0 Å². The third-order valence-electron chi connectivity index (χ3n) is 3.06. The van der Waals surface area contributed by atoms with Crippen molar-refractivity contribution in [2.24, 2.45) is 5.92 Å². The van der Waals surface area contributed by atoms with Gasteiger partial charge in [-0.1, -0.05) is 0 Å². The summed E-state index contributed by atoms with van der Waals surface area (Å²) in [5.74, 6) is 0.627. The fourth-order valence-corrected chi connectivity index (χ4v) is 2.19. The third kappa shape index (κ3) is 1.76. The lowest BCUT2D eigenvalue weighted by molar-refractivity contribution is 0.185. The molecule has 84 valence electrons. The summed E-state index contributed by atoms with van der Waals surface area (Å²) in [5.41, 5.74) is 8.53. The molecule has 1 aliphatic heterocycles. The summed E-state index contributed by atoms with van der Waals surface area (Å²) in [6, 6.07) is 3.78. The molecular weight excluding hydrogens is 202 g/mol. The van der Waals surface area contributed by atoms with Crippen molar-refractivity contribution in [1.82, 2.24) is 9.38 Å². The van der Waals surface area contributed by atoms with Crippen LogP contribution in [0.25, 0.3) is 5.65 Å². The maximum absolute atomic E-state index is 5.72. The number of ether oxygens (including phenoxy) is 1. The van der Waals surface area contributed by atoms with E-state index in [2.05, 4.69) is 11.2 Å². The molecule has 2 N–H and O–H groups in total. The van der Waals surface area contributed by atoms with Crippen LogP contribution in [0, 0.1) is 5.92 Å². The second-order valence-electron chi connectivity index (χ2n) is 4.39. The van der Waals surface area contributed by atoms with Gasteiger partial charge in [0.1, 0.15) is 5.65 Å². The number of nitrogens with two attached hydrogens (primary N) is 1. The zero-order chi connectivity index (χ0) is 11.0. The Labute approximate surface area is 94.0 Å². The van der Waals surface area contributed by atoms with Gasteiger partial charge in [-0.15, -0.1) is 0 Å². The predicted octanol–water partition coefficient (Wildman–Crippen LogP) is 1.50. The topological polar surface area (TPSA) is 52.5 Å². The largest absolute Gasteiger partial charge is 0.399 e. The SMILES string of the molecule is Nc1ccn2cc(CC3CCOC3)nc2c1. The smallest absolute Gasteiger partial charge is 0.139 e. The monoisotopic (exact) mass is 217 g/mol. The minimum atomic E-state index is 0.627. The van der Waals surface area contributed by atoms with Gasteiger partial charge in [0.05, 0.1) is 5.69 Å². The lowest BCUT2D eigenvalue weighted by Gasteiger charge is -2.02. The van der Waals surface area contributed by atoms with Crippen molar-refractivity contribution in [3.05, 3.63) is 30.2 Å². The van der Waals surface area contributed by atoms with Crippen LogP contribution in [0.4, 0.5) is 5.69 Å². The van der Waals surface area contributed by atoms with E-state index in [9.17, 15) is 0 Å². The first-order valence-electron chi connectivity index (χ1n) is 5.62. The maximum Gasteiger partial charge on any atom is 0.139 e. The number of hydrogen-bond donors (Lipinski definition) is 1. The zero-order valence-electron chi connectivity index (χ0n) is 9.10. The molecule has 0 saturated carbocycles. The fraction of sp³-hybridized carbons (Fsp3) is 0.417. The molecule has 16 heavy (non-hydrogen) atoms. The highest BCUT2D eigenvalue weighted by atomic mass is 16.5. The van der Waals surface area contributed by atoms with E-state index in [4.69, 9.17) is 10.5 Å². The molecule has 3 heterocycles. The highest BCUT2D eigenvalue weighted by molar-refractivity contribution is 5.52. The van der Waals surface area contributed by atoms with Gasteiger partial charge in [-0.3, -0.25) is 0 Å². The van der Waals surface area contributed by atoms with Gasteiger partial charge < -0.3 is 14.9 Å². The lowest BCUT2D eigenvalue weighted by Crippen LogP contribution is -2.03. The Morgan fingerprint density at radius 1 is 1.56 bits per heavy atom. The first kappa shape index (κ1) is 9.66. The summed E-state index contributed by atoms with van der Waals surface area (Å²) in [4.78, 5) is 4.56. The van der Waals surface area contributed by atoms with E-state index >= 15 is 0 Å². The molecule has 4 heteroatoms. The summed E-state index contributed by atoms with van der Waals surface area (Å²) < 4.78 is 7.38. The van der Waals surface area contributed by atoms with Crippen LogP contribution >= 0.6 is 0 Å². The van der Waals surface area contributed by atoms with Crippen molar-refractivity contribution in [2.45, 2.75) is 12.8 Å². The van der Waals surface area contributed by atoms with Gasteiger partial charge in [0.2, 0.25) is 0 Å². The number of nitrogen functional groups attached to an aromatic ring is 1. The number of anilines is 1. The van der Waals surface area contributed by atoms with Crippen LogP contribution in [-0.2, 0) is 11.2 Å². The molecule has 0 aromatic carbocycles. The van der Waals surface area contributed by atoms with Gasteiger partial charge in [0.25, 0.3) is 0 Å². The molecule has 0 spiro atoms. The van der Waals surface area contributed by atoms with Gasteiger partial charge in [0.15, 0.2) is 0 Å². The third-order valence-corrected chi connectivity index (χ3v) is 3.06. The Bertz CT molecular complexity index is 500. The number of imidazole rings is 1. The average molecular weight is 217 g/mol. The van der Waals surface area contributed by atoms with E-state index in [0.717, 1.165) is 43.1 Å². The van der Waals surface area contributed by atoms with Crippen LogP contribution < -0.4 is 5.73 Å². The summed E-state index contributed by atoms with van der Waals surface area (Å²) in [6.07, 6.45) is 6.18. The molecule has 0 amide bonds. The number of fused-ring (bicyclic) bond motifs is 1. The van der Waals surface area contributed by atoms with Gasteiger partial charge in [-0.05, 0) is 24.8 Å². The molecule has 1 fully saturated rings. The van der Waals surface area contributed by atoms with Gasteiger partial charge in [-0.25, -0.2) is 4.98 Å². The molecular formula is C12H15N3O. The first-order valence-corrected chi connectivity index (χ1v) is 5.62. The summed E-state index contributed by atoms with van der Waals surface area (Å²) in [5, 5.41) is 0. The number of hydrogen-bond acceptors (Lipinski definition) is 3. The fourth-order valence-electron chi connectivity index (χ4n) is 2.19. The van der Waals surface area contributed by atoms with E-state index in [1.165, 1.54) is 0 Å². The molecule has 3 rings (SSSR count). The molecule has 1 unspecified atom stereocenters. The Balaban J connectivity index is 1.86. The number of pyridine rings is 1. The van der Waals surface area contributed by atoms with E-state index in [1.807, 2.05) is 22.7 Å². The van der Waals surface area contributed by atoms with Gasteiger partial charge in [0, 0.05) is 37.4 Å². The van der Waals surface area contributed by atoms with E-state index in [-0.39, 0.29) is 0 Å². The van der Waals surface area contributed by atoms with Crippen molar-refractivity contribution in [2.75, 3.05) is 18.9 Å². The molecule has 0 bridgehead atoms. The maximum atomic E-state index is 5.72. The quantitative estimate of drug-likeness (QED) is 0.829. The Morgan fingerprint density at radius 3 is 3.31 bits per heavy atom. The summed E-state index contributed by atoms with van der Waals surface area (Å²) >= 11 is 0. The number of rotatable bonds is 2. The van der Waals surface area contributed by atoms with E-state index in [1.54, 1.807) is 0 Å². The predicted molar refractivity (Wildman–Crippen MR) is 62.2 cm³/mol. The van der Waals surface area contributed by atoms with Crippen molar-refractivity contribution >= 4 is 11.3 Å². The summed E-state index contributed by atoms with van der Waals surface area (Å²) in [6.45, 7) is 1.76. The van der Waals surface area contributed by atoms with Crippen LogP contribution in [0.3, 0.4) is 0 Å².